The van der Waals surface area contributed by atoms with Gasteiger partial charge in [-0.2, -0.15) is 0 Å². The molecule has 2 N–H and O–H groups in total. The molecule has 2 atom stereocenters. The van der Waals surface area contributed by atoms with E-state index in [0.29, 0.717) is 18.8 Å². The van der Waals surface area contributed by atoms with Crippen LogP contribution >= 0.6 is 0 Å². The van der Waals surface area contributed by atoms with Crippen molar-refractivity contribution in [2.45, 2.75) is 25.1 Å². The molecule has 5 nitrogen and oxygen atoms in total. The summed E-state index contributed by atoms with van der Waals surface area (Å²) in [5.74, 6) is 0.578. The predicted molar refractivity (Wildman–Crippen MR) is 83.7 cm³/mol. The normalized spacial score (nSPS) is 22.9. The van der Waals surface area contributed by atoms with Crippen molar-refractivity contribution in [3.63, 3.8) is 0 Å². The molecule has 3 heterocycles. The summed E-state index contributed by atoms with van der Waals surface area (Å²) in [4.78, 5) is 10.9. The quantitative estimate of drug-likeness (QED) is 0.928. The summed E-state index contributed by atoms with van der Waals surface area (Å²) < 4.78 is 18.9. The summed E-state index contributed by atoms with van der Waals surface area (Å²) >= 11 is 0. The lowest BCUT2D eigenvalue weighted by atomic mass is 10.0. The van der Waals surface area contributed by atoms with Gasteiger partial charge in [0.15, 0.2) is 0 Å². The third-order valence-corrected chi connectivity index (χ3v) is 4.22. The number of likely N-dealkylation sites (tertiary alicyclic amines) is 1. The Labute approximate surface area is 129 Å². The van der Waals surface area contributed by atoms with Gasteiger partial charge in [0.1, 0.15) is 6.17 Å². The molecule has 1 aliphatic rings. The summed E-state index contributed by atoms with van der Waals surface area (Å²) in [6.45, 7) is 2.06. The number of pyridine rings is 2. The minimum atomic E-state index is -0.929. The number of hydrogen-bond acceptors (Lipinski definition) is 5. The topological polar surface area (TPSA) is 64.3 Å². The Balaban J connectivity index is 1.73. The molecule has 1 aliphatic heterocycles. The fourth-order valence-electron chi connectivity index (χ4n) is 2.84. The summed E-state index contributed by atoms with van der Waals surface area (Å²) in [5.41, 5.74) is 8.53. The van der Waals surface area contributed by atoms with Crippen molar-refractivity contribution in [1.29, 1.82) is 0 Å². The highest BCUT2D eigenvalue weighted by atomic mass is 19.1. The van der Waals surface area contributed by atoms with E-state index in [1.807, 2.05) is 12.1 Å². The van der Waals surface area contributed by atoms with E-state index in [9.17, 15) is 4.39 Å². The summed E-state index contributed by atoms with van der Waals surface area (Å²) in [5, 5.41) is 0. The molecule has 6 heteroatoms. The van der Waals surface area contributed by atoms with E-state index >= 15 is 0 Å². The minimum absolute atomic E-state index is 0.316. The molecular formula is C16H21FN4O. The lowest BCUT2D eigenvalue weighted by molar-refractivity contribution is 0.121. The van der Waals surface area contributed by atoms with Crippen LogP contribution in [0.15, 0.2) is 24.4 Å². The van der Waals surface area contributed by atoms with E-state index in [2.05, 4.69) is 14.9 Å². The van der Waals surface area contributed by atoms with Crippen molar-refractivity contribution < 1.29 is 9.13 Å². The number of nitrogens with two attached hydrogens (primary N) is 1. The lowest BCUT2D eigenvalue weighted by Gasteiger charge is -2.32. The zero-order valence-corrected chi connectivity index (χ0v) is 12.7. The summed E-state index contributed by atoms with van der Waals surface area (Å²) in [6, 6.07) is 5.36. The molecule has 2 aromatic rings. The molecule has 0 radical (unpaired) electrons. The largest absolute Gasteiger partial charge is 0.481 e. The standard InChI is InChI=1S/C16H21FN4O/c1-22-15-3-2-14-16(20-15)11(4-7-19-14)5-8-21-9-6-13(18)12(17)10-21/h2-4,7,12-13H,5-6,8-10,18H2,1H3. The number of hydrogen-bond donors (Lipinski definition) is 1. The number of alkyl halides is 1. The van der Waals surface area contributed by atoms with Crippen LogP contribution in [-0.4, -0.2) is 53.8 Å². The van der Waals surface area contributed by atoms with Crippen LogP contribution in [0.4, 0.5) is 4.39 Å². The first-order chi connectivity index (χ1) is 10.7. The lowest BCUT2D eigenvalue weighted by Crippen LogP contribution is -2.48. The van der Waals surface area contributed by atoms with Gasteiger partial charge in [-0.3, -0.25) is 9.88 Å². The summed E-state index contributed by atoms with van der Waals surface area (Å²) in [6.07, 6.45) is 2.38. The first-order valence-corrected chi connectivity index (χ1v) is 7.58. The number of methoxy groups -OCH3 is 1. The molecule has 0 amide bonds. The van der Waals surface area contributed by atoms with E-state index in [1.54, 1.807) is 19.4 Å². The molecule has 0 saturated carbocycles. The number of ether oxygens (including phenoxy) is 1. The number of fused-ring (bicyclic) bond motifs is 1. The van der Waals surface area contributed by atoms with Crippen molar-refractivity contribution in [3.05, 3.63) is 30.0 Å². The first kappa shape index (κ1) is 15.1. The van der Waals surface area contributed by atoms with Crippen LogP contribution in [0.3, 0.4) is 0 Å². The average molecular weight is 304 g/mol. The minimum Gasteiger partial charge on any atom is -0.481 e. The van der Waals surface area contributed by atoms with Gasteiger partial charge in [-0.15, -0.1) is 0 Å². The van der Waals surface area contributed by atoms with Crippen molar-refractivity contribution in [1.82, 2.24) is 14.9 Å². The maximum absolute atomic E-state index is 13.7. The van der Waals surface area contributed by atoms with Crippen LogP contribution in [0.2, 0.25) is 0 Å². The second kappa shape index (κ2) is 6.54. The van der Waals surface area contributed by atoms with Crippen LogP contribution in [0.5, 0.6) is 5.88 Å². The second-order valence-corrected chi connectivity index (χ2v) is 5.71. The Morgan fingerprint density at radius 1 is 1.41 bits per heavy atom. The number of aromatic nitrogens is 2. The van der Waals surface area contributed by atoms with E-state index in [4.69, 9.17) is 10.5 Å². The van der Waals surface area contributed by atoms with Gasteiger partial charge in [0.2, 0.25) is 5.88 Å². The van der Waals surface area contributed by atoms with Crippen molar-refractivity contribution >= 4 is 11.0 Å². The molecule has 3 rings (SSSR count). The maximum Gasteiger partial charge on any atom is 0.213 e. The molecule has 0 spiro atoms. The molecule has 0 bridgehead atoms. The third kappa shape index (κ3) is 3.18. The molecule has 0 aromatic carbocycles. The Hall–Kier alpha value is -1.79. The van der Waals surface area contributed by atoms with E-state index < -0.39 is 6.17 Å². The highest BCUT2D eigenvalue weighted by molar-refractivity contribution is 5.78. The monoisotopic (exact) mass is 304 g/mol. The van der Waals surface area contributed by atoms with Crippen LogP contribution in [0.1, 0.15) is 12.0 Å². The van der Waals surface area contributed by atoms with Crippen LogP contribution in [-0.2, 0) is 6.42 Å². The fourth-order valence-corrected chi connectivity index (χ4v) is 2.84. The Morgan fingerprint density at radius 3 is 3.05 bits per heavy atom. The molecule has 118 valence electrons. The van der Waals surface area contributed by atoms with E-state index in [-0.39, 0.29) is 6.04 Å². The van der Waals surface area contributed by atoms with Gasteiger partial charge in [-0.1, -0.05) is 0 Å². The van der Waals surface area contributed by atoms with Gasteiger partial charge >= 0.3 is 0 Å². The zero-order valence-electron chi connectivity index (χ0n) is 12.7. The van der Waals surface area contributed by atoms with Gasteiger partial charge in [-0.25, -0.2) is 9.37 Å². The van der Waals surface area contributed by atoms with Gasteiger partial charge < -0.3 is 10.5 Å². The van der Waals surface area contributed by atoms with Gasteiger partial charge in [-0.05, 0) is 37.1 Å². The predicted octanol–water partition coefficient (Wildman–Crippen LogP) is 1.55. The highest BCUT2D eigenvalue weighted by Crippen LogP contribution is 2.20. The van der Waals surface area contributed by atoms with Crippen molar-refractivity contribution in [2.75, 3.05) is 26.7 Å². The number of rotatable bonds is 4. The molecule has 1 fully saturated rings. The molecule has 22 heavy (non-hydrogen) atoms. The molecule has 0 aliphatic carbocycles. The Bertz CT molecular complexity index is 651. The fraction of sp³-hybridized carbons (Fsp3) is 0.500. The Kier molecular flexibility index (Phi) is 4.49. The molecule has 2 unspecified atom stereocenters. The molecular weight excluding hydrogens is 283 g/mol. The molecule has 1 saturated heterocycles. The van der Waals surface area contributed by atoms with E-state index in [1.165, 1.54) is 0 Å². The van der Waals surface area contributed by atoms with Crippen molar-refractivity contribution in [2.24, 2.45) is 5.73 Å². The number of piperidine rings is 1. The third-order valence-electron chi connectivity index (χ3n) is 4.22. The first-order valence-electron chi connectivity index (χ1n) is 7.58. The van der Waals surface area contributed by atoms with Gasteiger partial charge in [0.25, 0.3) is 0 Å². The van der Waals surface area contributed by atoms with Gasteiger partial charge in [0.05, 0.1) is 18.1 Å². The maximum atomic E-state index is 13.7. The number of nitrogens with zero attached hydrogens (tertiary/aromatic N) is 3. The smallest absolute Gasteiger partial charge is 0.213 e. The Morgan fingerprint density at radius 2 is 2.27 bits per heavy atom. The summed E-state index contributed by atoms with van der Waals surface area (Å²) in [7, 11) is 1.60. The van der Waals surface area contributed by atoms with Gasteiger partial charge in [0, 0.05) is 31.4 Å². The molecule has 2 aromatic heterocycles. The van der Waals surface area contributed by atoms with E-state index in [0.717, 1.165) is 36.1 Å². The zero-order chi connectivity index (χ0) is 15.5. The highest BCUT2D eigenvalue weighted by Gasteiger charge is 2.25. The van der Waals surface area contributed by atoms with Crippen molar-refractivity contribution in [3.8, 4) is 5.88 Å². The SMILES string of the molecule is COc1ccc2nccc(CCN3CCC(N)C(F)C3)c2n1. The van der Waals surface area contributed by atoms with Crippen LogP contribution < -0.4 is 10.5 Å². The van der Waals surface area contributed by atoms with Crippen LogP contribution in [0.25, 0.3) is 11.0 Å². The van der Waals surface area contributed by atoms with Crippen LogP contribution in [0, 0.1) is 0 Å². The average Bonchev–Trinajstić information content (AvgIpc) is 2.55. The number of halogens is 1. The second-order valence-electron chi connectivity index (χ2n) is 5.71.